The summed E-state index contributed by atoms with van der Waals surface area (Å²) >= 11 is -8.48. The number of nitrogens with two attached hydrogens (primary N) is 1. The van der Waals surface area contributed by atoms with E-state index in [-0.39, 0.29) is 49.2 Å². The van der Waals surface area contributed by atoms with Crippen molar-refractivity contribution in [3.8, 4) is 11.5 Å². The molecule has 0 amide bonds. The number of nitrogen functional groups attached to an aromatic ring is 1. The standard InChI is InChI=1S/C38H27N9O8S3/c39-34-30(20-31(56(50)51)26-16-17-28(37(49)33(26)34)44-42-22-9-5-2-6-10-22)46-45-29-18-15-25-27(38(29)58(54)55)19-32(57(52)53)35(36(25)48)47-43-24-13-11-23(12-14-24)41-40-21-7-3-1-4-8-21/h1-20,48-49H,39H2,(H,50,51)(H,52,53)(H,54,55)/p-1. The average molecular weight is 833 g/mol. The highest BCUT2D eigenvalue weighted by atomic mass is 32.2. The van der Waals surface area contributed by atoms with Crippen molar-refractivity contribution < 1.29 is 36.5 Å². The zero-order valence-electron chi connectivity index (χ0n) is 29.3. The van der Waals surface area contributed by atoms with Crippen molar-refractivity contribution in [1.29, 1.82) is 0 Å². The molecule has 0 saturated carbocycles. The van der Waals surface area contributed by atoms with E-state index in [0.717, 1.165) is 12.1 Å². The van der Waals surface area contributed by atoms with Crippen molar-refractivity contribution in [3.05, 3.63) is 121 Å². The van der Waals surface area contributed by atoms with Crippen LogP contribution in [-0.2, 0) is 33.2 Å². The highest BCUT2D eigenvalue weighted by Gasteiger charge is 2.22. The van der Waals surface area contributed by atoms with E-state index >= 15 is 0 Å². The molecule has 58 heavy (non-hydrogen) atoms. The zero-order chi connectivity index (χ0) is 40.9. The van der Waals surface area contributed by atoms with Gasteiger partial charge in [0.25, 0.3) is 0 Å². The normalized spacial score (nSPS) is 13.7. The fourth-order valence-corrected chi connectivity index (χ4v) is 7.38. The molecule has 0 aliphatic heterocycles. The lowest BCUT2D eigenvalue weighted by atomic mass is 10.1. The topological polar surface area (TPSA) is 280 Å². The molecular weight excluding hydrogens is 807 g/mol. The number of anilines is 1. The molecule has 3 atom stereocenters. The van der Waals surface area contributed by atoms with Gasteiger partial charge in [-0.2, -0.15) is 20.5 Å². The Morgan fingerprint density at radius 1 is 0.483 bits per heavy atom. The molecule has 0 radical (unpaired) electrons. The summed E-state index contributed by atoms with van der Waals surface area (Å²) in [5, 5.41) is 54.9. The molecule has 0 spiro atoms. The first-order valence-electron chi connectivity index (χ1n) is 16.6. The van der Waals surface area contributed by atoms with Crippen molar-refractivity contribution in [2.24, 2.45) is 40.9 Å². The number of aromatic hydroxyl groups is 2. The van der Waals surface area contributed by atoms with Gasteiger partial charge >= 0.3 is 0 Å². The molecule has 0 aliphatic rings. The van der Waals surface area contributed by atoms with Gasteiger partial charge in [-0.3, -0.25) is 4.21 Å². The fourth-order valence-electron chi connectivity index (χ4n) is 5.66. The minimum atomic E-state index is -3.07. The molecule has 0 fully saturated rings. The Bertz CT molecular complexity index is 2920. The second kappa shape index (κ2) is 17.1. The van der Waals surface area contributed by atoms with E-state index in [0.29, 0.717) is 22.7 Å². The number of benzene rings is 7. The minimum Gasteiger partial charge on any atom is -0.768 e. The number of nitrogens with zero attached hydrogens (tertiary/aromatic N) is 8. The monoisotopic (exact) mass is 832 g/mol. The largest absolute Gasteiger partial charge is 0.768 e. The first-order valence-corrected chi connectivity index (χ1v) is 19.9. The highest BCUT2D eigenvalue weighted by Crippen LogP contribution is 2.47. The Kier molecular flexibility index (Phi) is 11.6. The van der Waals surface area contributed by atoms with Crippen molar-refractivity contribution >= 4 is 106 Å². The van der Waals surface area contributed by atoms with Gasteiger partial charge in [-0.25, -0.2) is 8.42 Å². The van der Waals surface area contributed by atoms with Crippen LogP contribution in [0.2, 0.25) is 0 Å². The molecule has 3 unspecified atom stereocenters. The summed E-state index contributed by atoms with van der Waals surface area (Å²) < 4.78 is 70.6. The van der Waals surface area contributed by atoms with Crippen LogP contribution >= 0.6 is 0 Å². The molecule has 6 N–H and O–H groups in total. The van der Waals surface area contributed by atoms with Gasteiger partial charge in [-0.15, -0.1) is 20.5 Å². The number of hydrogen-bond donors (Lipinski definition) is 5. The van der Waals surface area contributed by atoms with Gasteiger partial charge in [-0.1, -0.05) is 42.5 Å². The van der Waals surface area contributed by atoms with E-state index < -0.39 is 60.2 Å². The first-order chi connectivity index (χ1) is 28.0. The molecule has 20 heteroatoms. The van der Waals surface area contributed by atoms with Crippen LogP contribution in [-0.4, -0.2) is 36.5 Å². The van der Waals surface area contributed by atoms with E-state index in [9.17, 15) is 36.5 Å². The molecule has 0 aromatic heterocycles. The molecule has 7 rings (SSSR count). The van der Waals surface area contributed by atoms with Crippen LogP contribution in [0.3, 0.4) is 0 Å². The van der Waals surface area contributed by atoms with Gasteiger partial charge < -0.3 is 29.6 Å². The number of phenolic OH excluding ortho intramolecular Hbond substituents is 2. The Labute approximate surface area is 335 Å². The predicted molar refractivity (Wildman–Crippen MR) is 217 cm³/mol. The van der Waals surface area contributed by atoms with Gasteiger partial charge in [0.05, 0.1) is 48.5 Å². The molecule has 0 saturated heterocycles. The predicted octanol–water partition coefficient (Wildman–Crippen LogP) is 11.0. The average Bonchev–Trinajstić information content (AvgIpc) is 3.22. The van der Waals surface area contributed by atoms with Crippen molar-refractivity contribution in [3.63, 3.8) is 0 Å². The Morgan fingerprint density at radius 3 is 1.53 bits per heavy atom. The number of phenols is 2. The van der Waals surface area contributed by atoms with E-state index in [1.165, 1.54) is 24.3 Å². The van der Waals surface area contributed by atoms with E-state index in [4.69, 9.17) is 5.73 Å². The summed E-state index contributed by atoms with van der Waals surface area (Å²) in [4.78, 5) is -1.19. The number of hydrogen-bond acceptors (Lipinski definition) is 15. The van der Waals surface area contributed by atoms with E-state index in [1.54, 1.807) is 66.7 Å². The summed E-state index contributed by atoms with van der Waals surface area (Å²) in [6, 6.07) is 31.6. The molecular formula is C38H26N9O8S3-. The van der Waals surface area contributed by atoms with Crippen LogP contribution in [0, 0.1) is 0 Å². The third-order valence-corrected chi connectivity index (χ3v) is 10.6. The molecule has 290 valence electrons. The van der Waals surface area contributed by atoms with Gasteiger partial charge in [0.2, 0.25) is 0 Å². The van der Waals surface area contributed by atoms with Crippen LogP contribution < -0.4 is 5.73 Å². The van der Waals surface area contributed by atoms with Crippen LogP contribution in [0.25, 0.3) is 21.5 Å². The Balaban J connectivity index is 1.26. The van der Waals surface area contributed by atoms with E-state index in [2.05, 4.69) is 40.9 Å². The third-order valence-electron chi connectivity index (χ3n) is 8.39. The molecule has 7 aromatic carbocycles. The maximum absolute atomic E-state index is 12.7. The van der Waals surface area contributed by atoms with Gasteiger partial charge in [0.1, 0.15) is 22.7 Å². The van der Waals surface area contributed by atoms with Crippen LogP contribution in [0.5, 0.6) is 11.5 Å². The van der Waals surface area contributed by atoms with Gasteiger partial charge in [0, 0.05) is 16.2 Å². The summed E-state index contributed by atoms with van der Waals surface area (Å²) in [7, 11) is 0. The van der Waals surface area contributed by atoms with Crippen LogP contribution in [0.1, 0.15) is 0 Å². The minimum absolute atomic E-state index is 0.0131. The highest BCUT2D eigenvalue weighted by molar-refractivity contribution is 7.80. The number of rotatable bonds is 11. The molecule has 0 heterocycles. The molecule has 0 bridgehead atoms. The maximum Gasteiger partial charge on any atom is 0.188 e. The fraction of sp³-hybridized carbons (Fsp3) is 0. The van der Waals surface area contributed by atoms with Gasteiger partial charge in [-0.05, 0) is 89.9 Å². The molecule has 0 aliphatic carbocycles. The summed E-state index contributed by atoms with van der Waals surface area (Å²) in [6.07, 6.45) is 0. The Hall–Kier alpha value is -6.81. The quantitative estimate of drug-likeness (QED) is 0.0470. The van der Waals surface area contributed by atoms with Crippen LogP contribution in [0.15, 0.2) is 177 Å². The maximum atomic E-state index is 12.7. The second-order valence-corrected chi connectivity index (χ2v) is 14.7. The summed E-state index contributed by atoms with van der Waals surface area (Å²) in [6.45, 7) is 0. The lowest BCUT2D eigenvalue weighted by Crippen LogP contribution is -1.96. The summed E-state index contributed by atoms with van der Waals surface area (Å²) in [5.74, 6) is -1.12. The Morgan fingerprint density at radius 2 is 0.966 bits per heavy atom. The van der Waals surface area contributed by atoms with Crippen LogP contribution in [0.4, 0.5) is 51.2 Å². The van der Waals surface area contributed by atoms with Crippen molar-refractivity contribution in [2.75, 3.05) is 5.73 Å². The third kappa shape index (κ3) is 8.32. The zero-order valence-corrected chi connectivity index (χ0v) is 31.8. The van der Waals surface area contributed by atoms with Crippen molar-refractivity contribution in [2.45, 2.75) is 14.7 Å². The first kappa shape index (κ1) is 39.4. The lowest BCUT2D eigenvalue weighted by Gasteiger charge is -2.15. The van der Waals surface area contributed by atoms with Crippen molar-refractivity contribution in [1.82, 2.24) is 0 Å². The lowest BCUT2D eigenvalue weighted by molar-refractivity contribution is 0.480. The van der Waals surface area contributed by atoms with E-state index in [1.807, 2.05) is 18.2 Å². The molecule has 17 nitrogen and oxygen atoms in total. The second-order valence-electron chi connectivity index (χ2n) is 12.0. The smallest absolute Gasteiger partial charge is 0.188 e. The SMILES string of the molecule is Nc1c(N=Nc2ccc3c(O)c(N=Nc4ccc(N=Nc5ccccc5)cc4)c(S(=O)O)cc3c2S(=O)[O-])cc(S(=O)O)c2ccc(N=Nc3ccccc3)c(O)c12. The number of fused-ring (bicyclic) bond motifs is 2. The number of azo groups is 4. The summed E-state index contributed by atoms with van der Waals surface area (Å²) in [5.41, 5.74) is 7.26. The van der Waals surface area contributed by atoms with Gasteiger partial charge in [0.15, 0.2) is 33.7 Å². The molecule has 7 aromatic rings.